The van der Waals surface area contributed by atoms with Gasteiger partial charge < -0.3 is 9.47 Å². The van der Waals surface area contributed by atoms with Crippen LogP contribution in [-0.2, 0) is 6.42 Å². The van der Waals surface area contributed by atoms with Crippen molar-refractivity contribution in [3.8, 4) is 50.2 Å². The van der Waals surface area contributed by atoms with Gasteiger partial charge in [-0.2, -0.15) is 0 Å². The summed E-state index contributed by atoms with van der Waals surface area (Å²) < 4.78 is 2.54. The van der Waals surface area contributed by atoms with Gasteiger partial charge in [-0.1, -0.05) is 164 Å². The number of nitrogens with zero attached hydrogens (tertiary/aromatic N) is 2. The van der Waals surface area contributed by atoms with Crippen molar-refractivity contribution in [3.05, 3.63) is 241 Å². The van der Waals surface area contributed by atoms with Gasteiger partial charge in [0.2, 0.25) is 0 Å². The SMILES string of the molecule is C1=Cc2cc3c(cc2CC1)-c1ccccc1-c1cc(-c2ccc(C4=CC(c5ccccc5)N(c5cc(-c6ccccc6)c6ccccc6c5)C=C4)cc2)cc2c4ccccc4n-3c12. The van der Waals surface area contributed by atoms with Crippen LogP contribution in [0.3, 0.4) is 0 Å². The first-order valence-corrected chi connectivity index (χ1v) is 22.2. The Morgan fingerprint density at radius 1 is 0.460 bits per heavy atom. The van der Waals surface area contributed by atoms with Crippen LogP contribution in [0.2, 0.25) is 0 Å². The number of benzene rings is 9. The maximum atomic E-state index is 2.54. The Kier molecular flexibility index (Phi) is 8.14. The quantitative estimate of drug-likeness (QED) is 0.168. The molecule has 1 atom stereocenters. The van der Waals surface area contributed by atoms with Crippen molar-refractivity contribution in [2.45, 2.75) is 18.9 Å². The maximum absolute atomic E-state index is 2.54. The first-order valence-electron chi connectivity index (χ1n) is 22.2. The van der Waals surface area contributed by atoms with E-state index < -0.39 is 0 Å². The standard InChI is InChI=1S/C61H42N2/c1-3-15-42(16-4-1)54-39-49(33-47-21-9-10-22-50(47)54)62-32-31-46(37-59(62)43-17-5-2-6-18-43)40-27-29-41(30-28-40)48-35-56-52-24-12-11-23-51(52)55-34-44-19-7-8-20-45(44)38-60(55)63-58-26-14-13-25-53(58)57(36-48)61(56)63/h1-6,8-18,20-39,59H,7,19H2. The topological polar surface area (TPSA) is 8.17 Å². The van der Waals surface area contributed by atoms with Crippen molar-refractivity contribution in [3.63, 3.8) is 0 Å². The van der Waals surface area contributed by atoms with Gasteiger partial charge in [0.1, 0.15) is 0 Å². The van der Waals surface area contributed by atoms with Gasteiger partial charge in [-0.05, 0) is 139 Å². The lowest BCUT2D eigenvalue weighted by Crippen LogP contribution is -2.24. The van der Waals surface area contributed by atoms with E-state index in [1.54, 1.807) is 0 Å². The van der Waals surface area contributed by atoms with Gasteiger partial charge in [-0.25, -0.2) is 0 Å². The summed E-state index contributed by atoms with van der Waals surface area (Å²) in [5.41, 5.74) is 21.4. The number of aromatic nitrogens is 1. The highest BCUT2D eigenvalue weighted by atomic mass is 15.1. The number of para-hydroxylation sites is 1. The Morgan fingerprint density at radius 3 is 2.02 bits per heavy atom. The van der Waals surface area contributed by atoms with Crippen LogP contribution < -0.4 is 4.90 Å². The molecule has 0 fully saturated rings. The van der Waals surface area contributed by atoms with Crippen LogP contribution in [0.25, 0.3) is 94.4 Å². The molecule has 0 N–H and O–H groups in total. The van der Waals surface area contributed by atoms with Crippen molar-refractivity contribution >= 4 is 49.9 Å². The summed E-state index contributed by atoms with van der Waals surface area (Å²) in [5.74, 6) is 0. The number of rotatable bonds is 5. The summed E-state index contributed by atoms with van der Waals surface area (Å²) in [7, 11) is 0. The largest absolute Gasteiger partial charge is 0.337 e. The molecule has 1 unspecified atom stereocenters. The third kappa shape index (κ3) is 5.79. The fourth-order valence-corrected chi connectivity index (χ4v) is 10.6. The minimum atomic E-state index is 0.0122. The minimum Gasteiger partial charge on any atom is -0.337 e. The van der Waals surface area contributed by atoms with E-state index in [0.29, 0.717) is 0 Å². The molecule has 2 heteroatoms. The molecule has 2 nitrogen and oxygen atoms in total. The van der Waals surface area contributed by atoms with Crippen LogP contribution in [0.5, 0.6) is 0 Å². The second-order valence-electron chi connectivity index (χ2n) is 17.2. The molecule has 3 heterocycles. The van der Waals surface area contributed by atoms with E-state index in [1.165, 1.54) is 116 Å². The monoisotopic (exact) mass is 802 g/mol. The molecule has 10 aromatic rings. The summed E-state index contributed by atoms with van der Waals surface area (Å²) in [5, 5.41) is 5.06. The third-order valence-corrected chi connectivity index (χ3v) is 13.6. The number of anilines is 1. The summed E-state index contributed by atoms with van der Waals surface area (Å²) in [6.07, 6.45) is 13.8. The minimum absolute atomic E-state index is 0.0122. The lowest BCUT2D eigenvalue weighted by molar-refractivity contribution is 0.839. The molecule has 0 radical (unpaired) electrons. The van der Waals surface area contributed by atoms with E-state index in [0.717, 1.165) is 12.8 Å². The Balaban J connectivity index is 0.919. The molecule has 0 amide bonds. The molecule has 63 heavy (non-hydrogen) atoms. The predicted octanol–water partition coefficient (Wildman–Crippen LogP) is 16.0. The highest BCUT2D eigenvalue weighted by Gasteiger charge is 2.27. The molecule has 13 rings (SSSR count). The van der Waals surface area contributed by atoms with Gasteiger partial charge in [0.05, 0.1) is 22.8 Å². The first kappa shape index (κ1) is 35.8. The fourth-order valence-electron chi connectivity index (χ4n) is 10.6. The van der Waals surface area contributed by atoms with Crippen LogP contribution in [0.15, 0.2) is 219 Å². The van der Waals surface area contributed by atoms with Crippen molar-refractivity contribution in [1.82, 2.24) is 4.57 Å². The van der Waals surface area contributed by atoms with E-state index in [9.17, 15) is 0 Å². The van der Waals surface area contributed by atoms with Gasteiger partial charge in [0, 0.05) is 33.8 Å². The van der Waals surface area contributed by atoms with Crippen LogP contribution in [-0.4, -0.2) is 4.57 Å². The van der Waals surface area contributed by atoms with Crippen molar-refractivity contribution in [2.24, 2.45) is 0 Å². The lowest BCUT2D eigenvalue weighted by atomic mass is 9.88. The summed E-state index contributed by atoms with van der Waals surface area (Å²) >= 11 is 0. The van der Waals surface area contributed by atoms with Crippen LogP contribution in [0.1, 0.15) is 34.7 Å². The summed E-state index contributed by atoms with van der Waals surface area (Å²) in [6.45, 7) is 0. The second-order valence-corrected chi connectivity index (χ2v) is 17.2. The van der Waals surface area contributed by atoms with E-state index in [2.05, 4.69) is 234 Å². The number of hydrogen-bond donors (Lipinski definition) is 0. The summed E-state index contributed by atoms with van der Waals surface area (Å²) in [4.78, 5) is 2.42. The van der Waals surface area contributed by atoms with Crippen molar-refractivity contribution < 1.29 is 0 Å². The molecule has 0 bridgehead atoms. The highest BCUT2D eigenvalue weighted by molar-refractivity contribution is 6.18. The van der Waals surface area contributed by atoms with E-state index in [4.69, 9.17) is 0 Å². The molecule has 0 saturated carbocycles. The molecule has 3 aliphatic rings. The van der Waals surface area contributed by atoms with Crippen LogP contribution in [0.4, 0.5) is 5.69 Å². The Morgan fingerprint density at radius 2 is 1.17 bits per heavy atom. The van der Waals surface area contributed by atoms with Gasteiger partial charge in [0.25, 0.3) is 0 Å². The normalized spacial score (nSPS) is 15.0. The van der Waals surface area contributed by atoms with Crippen molar-refractivity contribution in [2.75, 3.05) is 4.90 Å². The second kappa shape index (κ2) is 14.3. The zero-order valence-electron chi connectivity index (χ0n) is 34.7. The Bertz CT molecular complexity index is 3550. The summed E-state index contributed by atoms with van der Waals surface area (Å²) in [6, 6.07) is 72.1. The molecular formula is C61H42N2. The smallest absolute Gasteiger partial charge is 0.0778 e. The van der Waals surface area contributed by atoms with Crippen LogP contribution in [0, 0.1) is 0 Å². The Hall–Kier alpha value is -7.94. The average Bonchev–Trinajstić information content (AvgIpc) is 3.64. The van der Waals surface area contributed by atoms with Gasteiger partial charge in [-0.3, -0.25) is 0 Å². The molecule has 0 saturated heterocycles. The molecule has 296 valence electrons. The van der Waals surface area contributed by atoms with E-state index in [-0.39, 0.29) is 6.04 Å². The predicted molar refractivity (Wildman–Crippen MR) is 266 cm³/mol. The zero-order chi connectivity index (χ0) is 41.4. The third-order valence-electron chi connectivity index (χ3n) is 13.6. The maximum Gasteiger partial charge on any atom is 0.0778 e. The zero-order valence-corrected chi connectivity index (χ0v) is 34.7. The molecule has 1 aromatic heterocycles. The van der Waals surface area contributed by atoms with Crippen molar-refractivity contribution in [1.29, 1.82) is 0 Å². The molecule has 0 spiro atoms. The number of fused-ring (bicyclic) bond motifs is 10. The van der Waals surface area contributed by atoms with Gasteiger partial charge in [0.15, 0.2) is 0 Å². The highest BCUT2D eigenvalue weighted by Crippen LogP contribution is 2.49. The van der Waals surface area contributed by atoms with E-state index >= 15 is 0 Å². The Labute approximate surface area is 367 Å². The molecule has 1 aliphatic carbocycles. The average molecular weight is 803 g/mol. The fraction of sp³-hybridized carbons (Fsp3) is 0.0492. The molecule has 2 aliphatic heterocycles. The number of hydrogen-bond acceptors (Lipinski definition) is 1. The number of aryl methyl sites for hydroxylation is 1. The first-order chi connectivity index (χ1) is 31.2. The lowest BCUT2D eigenvalue weighted by Gasteiger charge is -2.33. The van der Waals surface area contributed by atoms with Gasteiger partial charge >= 0.3 is 0 Å². The van der Waals surface area contributed by atoms with Crippen LogP contribution >= 0.6 is 0 Å². The molecule has 9 aromatic carbocycles. The number of allylic oxidation sites excluding steroid dienone is 3. The molecular weight excluding hydrogens is 761 g/mol. The van der Waals surface area contributed by atoms with E-state index in [1.807, 2.05) is 0 Å². The van der Waals surface area contributed by atoms with Gasteiger partial charge in [-0.15, -0.1) is 0 Å².